The average molecular weight is 316 g/mol. The number of nitrogens with zero attached hydrogens (tertiary/aromatic N) is 2. The number of rotatable bonds is 1. The lowest BCUT2D eigenvalue weighted by atomic mass is 10.2. The molecule has 2 rings (SSSR count). The number of nitrogens with two attached hydrogens (primary N) is 1. The van der Waals surface area contributed by atoms with Crippen LogP contribution in [0.2, 0.25) is 0 Å². The summed E-state index contributed by atoms with van der Waals surface area (Å²) in [6.45, 7) is 5.11. The van der Waals surface area contributed by atoms with E-state index in [0.717, 1.165) is 31.7 Å². The third-order valence-electron chi connectivity index (χ3n) is 3.43. The summed E-state index contributed by atoms with van der Waals surface area (Å²) in [5.41, 5.74) is 7.45. The van der Waals surface area contributed by atoms with Crippen LogP contribution < -0.4 is 10.6 Å². The van der Waals surface area contributed by atoms with E-state index in [0.29, 0.717) is 16.2 Å². The van der Waals surface area contributed by atoms with Crippen LogP contribution in [-0.2, 0) is 0 Å². The number of hydrogen-bond donors (Lipinski definition) is 1. The smallest absolute Gasteiger partial charge is 0.139 e. The highest BCUT2D eigenvalue weighted by atomic mass is 79.9. The van der Waals surface area contributed by atoms with E-state index >= 15 is 0 Å². The van der Waals surface area contributed by atoms with Gasteiger partial charge in [0, 0.05) is 25.2 Å². The Labute approximate surface area is 116 Å². The quantitative estimate of drug-likeness (QED) is 0.809. The second kappa shape index (κ2) is 5.45. The molecule has 0 amide bonds. The zero-order chi connectivity index (χ0) is 13.3. The first-order chi connectivity index (χ1) is 8.49. The topological polar surface area (TPSA) is 32.5 Å². The molecule has 1 unspecified atom stereocenters. The Morgan fingerprint density at radius 1 is 1.39 bits per heavy atom. The normalized spacial score (nSPS) is 22.0. The fourth-order valence-electron chi connectivity index (χ4n) is 2.53. The van der Waals surface area contributed by atoms with Crippen molar-refractivity contribution in [3.8, 4) is 0 Å². The Balaban J connectivity index is 2.32. The standard InChI is InChI=1S/C13H19BrFN3/c1-9-8-17(2)4-3-5-18(9)13-7-11(15)10(14)6-12(13)16/h6-7,9H,3-5,8,16H2,1-2H3. The predicted molar refractivity (Wildman–Crippen MR) is 77.4 cm³/mol. The molecular formula is C13H19BrFN3. The number of hydrogen-bond acceptors (Lipinski definition) is 3. The summed E-state index contributed by atoms with van der Waals surface area (Å²) in [5.74, 6) is -0.260. The van der Waals surface area contributed by atoms with Gasteiger partial charge in [-0.05, 0) is 48.9 Å². The van der Waals surface area contributed by atoms with Gasteiger partial charge in [0.2, 0.25) is 0 Å². The summed E-state index contributed by atoms with van der Waals surface area (Å²) >= 11 is 3.16. The van der Waals surface area contributed by atoms with Crippen molar-refractivity contribution in [2.75, 3.05) is 37.3 Å². The maximum Gasteiger partial charge on any atom is 0.139 e. The van der Waals surface area contributed by atoms with E-state index in [2.05, 4.69) is 39.7 Å². The van der Waals surface area contributed by atoms with Crippen molar-refractivity contribution >= 4 is 27.3 Å². The molecule has 0 bridgehead atoms. The second-order valence-corrected chi connectivity index (χ2v) is 5.84. The Morgan fingerprint density at radius 2 is 2.11 bits per heavy atom. The first kappa shape index (κ1) is 13.6. The molecule has 1 atom stereocenters. The van der Waals surface area contributed by atoms with Gasteiger partial charge in [0.15, 0.2) is 0 Å². The van der Waals surface area contributed by atoms with E-state index < -0.39 is 0 Å². The first-order valence-electron chi connectivity index (χ1n) is 6.18. The highest BCUT2D eigenvalue weighted by Gasteiger charge is 2.22. The van der Waals surface area contributed by atoms with E-state index in [4.69, 9.17) is 5.73 Å². The van der Waals surface area contributed by atoms with Gasteiger partial charge in [0.1, 0.15) is 5.82 Å². The van der Waals surface area contributed by atoms with Crippen LogP contribution in [0.1, 0.15) is 13.3 Å². The van der Waals surface area contributed by atoms with E-state index in [9.17, 15) is 4.39 Å². The third-order valence-corrected chi connectivity index (χ3v) is 4.03. The van der Waals surface area contributed by atoms with Crippen molar-refractivity contribution < 1.29 is 4.39 Å². The van der Waals surface area contributed by atoms with Crippen LogP contribution in [-0.4, -0.2) is 37.6 Å². The van der Waals surface area contributed by atoms with Crippen LogP contribution in [0.4, 0.5) is 15.8 Å². The molecule has 0 spiro atoms. The highest BCUT2D eigenvalue weighted by molar-refractivity contribution is 9.10. The zero-order valence-corrected chi connectivity index (χ0v) is 12.4. The van der Waals surface area contributed by atoms with E-state index in [1.54, 1.807) is 6.07 Å². The fraction of sp³-hybridized carbons (Fsp3) is 0.538. The van der Waals surface area contributed by atoms with Crippen molar-refractivity contribution in [2.24, 2.45) is 0 Å². The van der Waals surface area contributed by atoms with Gasteiger partial charge in [0.25, 0.3) is 0 Å². The molecule has 2 N–H and O–H groups in total. The predicted octanol–water partition coefficient (Wildman–Crippen LogP) is 2.70. The lowest BCUT2D eigenvalue weighted by Gasteiger charge is -2.31. The first-order valence-corrected chi connectivity index (χ1v) is 6.98. The minimum Gasteiger partial charge on any atom is -0.397 e. The number of benzene rings is 1. The minimum absolute atomic E-state index is 0.260. The molecular weight excluding hydrogens is 297 g/mol. The molecule has 1 fully saturated rings. The number of likely N-dealkylation sites (N-methyl/N-ethyl adjacent to an activating group) is 1. The van der Waals surface area contributed by atoms with Gasteiger partial charge in [-0.25, -0.2) is 4.39 Å². The van der Waals surface area contributed by atoms with Crippen molar-refractivity contribution in [3.05, 3.63) is 22.4 Å². The van der Waals surface area contributed by atoms with Gasteiger partial charge in [-0.3, -0.25) is 0 Å². The van der Waals surface area contributed by atoms with Crippen molar-refractivity contribution in [1.82, 2.24) is 4.90 Å². The third kappa shape index (κ3) is 2.78. The Bertz CT molecular complexity index is 438. The number of anilines is 2. The van der Waals surface area contributed by atoms with Crippen LogP contribution in [0.25, 0.3) is 0 Å². The maximum absolute atomic E-state index is 13.7. The van der Waals surface area contributed by atoms with Gasteiger partial charge in [-0.1, -0.05) is 0 Å². The molecule has 1 heterocycles. The van der Waals surface area contributed by atoms with Gasteiger partial charge in [-0.15, -0.1) is 0 Å². The fourth-order valence-corrected chi connectivity index (χ4v) is 2.89. The summed E-state index contributed by atoms with van der Waals surface area (Å²) in [6, 6.07) is 3.51. The van der Waals surface area contributed by atoms with Gasteiger partial charge < -0.3 is 15.5 Å². The molecule has 0 aromatic heterocycles. The van der Waals surface area contributed by atoms with Crippen LogP contribution in [0.3, 0.4) is 0 Å². The molecule has 18 heavy (non-hydrogen) atoms. The molecule has 0 saturated carbocycles. The highest BCUT2D eigenvalue weighted by Crippen LogP contribution is 2.31. The van der Waals surface area contributed by atoms with Crippen molar-refractivity contribution in [3.63, 3.8) is 0 Å². The van der Waals surface area contributed by atoms with Gasteiger partial charge >= 0.3 is 0 Å². The van der Waals surface area contributed by atoms with Crippen molar-refractivity contribution in [1.29, 1.82) is 0 Å². The summed E-state index contributed by atoms with van der Waals surface area (Å²) in [4.78, 5) is 4.50. The van der Waals surface area contributed by atoms with Crippen LogP contribution >= 0.6 is 15.9 Å². The summed E-state index contributed by atoms with van der Waals surface area (Å²) in [6.07, 6.45) is 1.07. The van der Waals surface area contributed by atoms with E-state index in [-0.39, 0.29) is 5.82 Å². The van der Waals surface area contributed by atoms with Crippen LogP contribution in [0, 0.1) is 5.82 Å². The van der Waals surface area contributed by atoms with Crippen LogP contribution in [0.15, 0.2) is 16.6 Å². The monoisotopic (exact) mass is 315 g/mol. The SMILES string of the molecule is CC1CN(C)CCCN1c1cc(F)c(Br)cc1N. The number of halogens is 2. The Kier molecular flexibility index (Phi) is 4.12. The van der Waals surface area contributed by atoms with E-state index in [1.807, 2.05) is 0 Å². The summed E-state index contributed by atoms with van der Waals surface area (Å²) < 4.78 is 14.1. The molecule has 1 aromatic carbocycles. The van der Waals surface area contributed by atoms with Crippen LogP contribution in [0.5, 0.6) is 0 Å². The molecule has 5 heteroatoms. The lowest BCUT2D eigenvalue weighted by molar-refractivity contribution is 0.337. The zero-order valence-electron chi connectivity index (χ0n) is 10.8. The summed E-state index contributed by atoms with van der Waals surface area (Å²) in [7, 11) is 2.12. The largest absolute Gasteiger partial charge is 0.397 e. The number of nitrogen functional groups attached to an aromatic ring is 1. The average Bonchev–Trinajstić information content (AvgIpc) is 2.45. The molecule has 1 aromatic rings. The Morgan fingerprint density at radius 3 is 2.83 bits per heavy atom. The molecule has 1 aliphatic heterocycles. The molecule has 1 aliphatic rings. The van der Waals surface area contributed by atoms with Gasteiger partial charge in [0.05, 0.1) is 15.8 Å². The maximum atomic E-state index is 13.7. The second-order valence-electron chi connectivity index (χ2n) is 4.98. The van der Waals surface area contributed by atoms with Gasteiger partial charge in [-0.2, -0.15) is 0 Å². The molecule has 3 nitrogen and oxygen atoms in total. The minimum atomic E-state index is -0.260. The lowest BCUT2D eigenvalue weighted by Crippen LogP contribution is -2.38. The molecule has 0 radical (unpaired) electrons. The molecule has 0 aliphatic carbocycles. The molecule has 1 saturated heterocycles. The molecule has 100 valence electrons. The Hall–Kier alpha value is -0.810. The van der Waals surface area contributed by atoms with E-state index in [1.165, 1.54) is 6.07 Å². The van der Waals surface area contributed by atoms with Crippen molar-refractivity contribution in [2.45, 2.75) is 19.4 Å². The summed E-state index contributed by atoms with van der Waals surface area (Å²) in [5, 5.41) is 0.